The van der Waals surface area contributed by atoms with Gasteiger partial charge in [0.05, 0.1) is 12.3 Å². The third-order valence-corrected chi connectivity index (χ3v) is 4.52. The maximum absolute atomic E-state index is 13.1. The quantitative estimate of drug-likeness (QED) is 0.816. The lowest BCUT2D eigenvalue weighted by Gasteiger charge is -2.32. The normalized spacial score (nSPS) is 17.5. The van der Waals surface area contributed by atoms with Crippen LogP contribution < -0.4 is 4.74 Å². The number of likely N-dealkylation sites (tertiary alicyclic amines) is 1. The van der Waals surface area contributed by atoms with Crippen LogP contribution in [-0.2, 0) is 4.79 Å². The molecule has 1 aliphatic heterocycles. The van der Waals surface area contributed by atoms with E-state index in [9.17, 15) is 9.18 Å². The lowest BCUT2D eigenvalue weighted by Crippen LogP contribution is -2.39. The van der Waals surface area contributed by atoms with Gasteiger partial charge in [0.15, 0.2) is 0 Å². The van der Waals surface area contributed by atoms with Crippen molar-refractivity contribution < 1.29 is 13.9 Å². The van der Waals surface area contributed by atoms with E-state index in [1.165, 1.54) is 12.1 Å². The number of rotatable bonds is 6. The Kier molecular flexibility index (Phi) is 5.68. The largest absolute Gasteiger partial charge is 0.493 e. The summed E-state index contributed by atoms with van der Waals surface area (Å²) >= 11 is 0. The van der Waals surface area contributed by atoms with E-state index in [2.05, 4.69) is 16.3 Å². The smallest absolute Gasteiger partial charge is 0.222 e. The highest BCUT2D eigenvalue weighted by Gasteiger charge is 2.25. The van der Waals surface area contributed by atoms with Crippen LogP contribution >= 0.6 is 0 Å². The van der Waals surface area contributed by atoms with Crippen molar-refractivity contribution >= 4 is 5.91 Å². The molecular formula is C19H24FN3O2. The van der Waals surface area contributed by atoms with Gasteiger partial charge in [-0.15, -0.1) is 0 Å². The molecule has 1 fully saturated rings. The predicted molar refractivity (Wildman–Crippen MR) is 93.0 cm³/mol. The number of carbonyl (C=O) groups is 1. The van der Waals surface area contributed by atoms with Gasteiger partial charge in [-0.05, 0) is 44.4 Å². The number of amides is 1. The molecule has 6 heteroatoms. The van der Waals surface area contributed by atoms with Crippen LogP contribution in [-0.4, -0.2) is 40.7 Å². The van der Waals surface area contributed by atoms with E-state index in [4.69, 9.17) is 4.74 Å². The minimum atomic E-state index is -0.318. The van der Waals surface area contributed by atoms with Gasteiger partial charge in [0.25, 0.3) is 0 Å². The Morgan fingerprint density at radius 3 is 3.08 bits per heavy atom. The molecule has 1 amide bonds. The molecule has 134 valence electrons. The van der Waals surface area contributed by atoms with E-state index in [1.54, 1.807) is 12.1 Å². The molecule has 1 aromatic carbocycles. The fraction of sp³-hybridized carbons (Fsp3) is 0.474. The summed E-state index contributed by atoms with van der Waals surface area (Å²) in [5.74, 6) is 0.645. The third kappa shape index (κ3) is 4.81. The van der Waals surface area contributed by atoms with Gasteiger partial charge in [0.1, 0.15) is 11.6 Å². The maximum Gasteiger partial charge on any atom is 0.222 e. The monoisotopic (exact) mass is 345 g/mol. The number of halogens is 1. The molecule has 1 aromatic heterocycles. The Morgan fingerprint density at radius 2 is 2.32 bits per heavy atom. The predicted octanol–water partition coefficient (Wildman–Crippen LogP) is 3.42. The minimum absolute atomic E-state index is 0.153. The molecule has 2 heterocycles. The molecule has 1 atom stereocenters. The van der Waals surface area contributed by atoms with Crippen molar-refractivity contribution in [2.45, 2.75) is 38.5 Å². The minimum Gasteiger partial charge on any atom is -0.493 e. The van der Waals surface area contributed by atoms with Crippen molar-refractivity contribution in [1.29, 1.82) is 0 Å². The highest BCUT2D eigenvalue weighted by Crippen LogP contribution is 2.26. The maximum atomic E-state index is 13.1. The number of hydrogen-bond donors (Lipinski definition) is 1. The van der Waals surface area contributed by atoms with Crippen molar-refractivity contribution in [3.05, 3.63) is 47.5 Å². The van der Waals surface area contributed by atoms with Crippen LogP contribution in [0.3, 0.4) is 0 Å². The van der Waals surface area contributed by atoms with E-state index in [0.29, 0.717) is 31.1 Å². The van der Waals surface area contributed by atoms with Gasteiger partial charge in [-0.2, -0.15) is 5.10 Å². The Hall–Kier alpha value is -2.37. The van der Waals surface area contributed by atoms with Crippen LogP contribution in [0.2, 0.25) is 0 Å². The first-order valence-electron chi connectivity index (χ1n) is 8.80. The topological polar surface area (TPSA) is 58.2 Å². The van der Waals surface area contributed by atoms with Gasteiger partial charge in [0.2, 0.25) is 5.91 Å². The summed E-state index contributed by atoms with van der Waals surface area (Å²) in [4.78, 5) is 14.4. The van der Waals surface area contributed by atoms with Crippen molar-refractivity contribution in [2.24, 2.45) is 0 Å². The Morgan fingerprint density at radius 1 is 1.44 bits per heavy atom. The van der Waals surface area contributed by atoms with E-state index in [1.807, 2.05) is 11.8 Å². The molecule has 25 heavy (non-hydrogen) atoms. The summed E-state index contributed by atoms with van der Waals surface area (Å²) in [5, 5.41) is 7.31. The molecule has 0 bridgehead atoms. The van der Waals surface area contributed by atoms with Gasteiger partial charge in [-0.25, -0.2) is 4.39 Å². The molecule has 1 aliphatic rings. The number of ether oxygens (including phenoxy) is 1. The molecule has 0 aliphatic carbocycles. The number of piperidine rings is 1. The number of nitrogens with zero attached hydrogens (tertiary/aromatic N) is 2. The highest BCUT2D eigenvalue weighted by molar-refractivity contribution is 5.76. The van der Waals surface area contributed by atoms with Crippen LogP contribution in [0, 0.1) is 12.7 Å². The average molecular weight is 345 g/mol. The number of nitrogens with one attached hydrogen (secondary N) is 1. The third-order valence-electron chi connectivity index (χ3n) is 4.52. The van der Waals surface area contributed by atoms with E-state index in [0.717, 1.165) is 37.3 Å². The van der Waals surface area contributed by atoms with Gasteiger partial charge in [0, 0.05) is 37.2 Å². The number of aromatic nitrogens is 2. The van der Waals surface area contributed by atoms with Crippen LogP contribution in [0.1, 0.15) is 43.0 Å². The molecule has 5 nitrogen and oxygen atoms in total. The summed E-state index contributed by atoms with van der Waals surface area (Å²) < 4.78 is 18.6. The summed E-state index contributed by atoms with van der Waals surface area (Å²) in [7, 11) is 0. The first-order chi connectivity index (χ1) is 12.1. The van der Waals surface area contributed by atoms with Gasteiger partial charge in [-0.3, -0.25) is 9.89 Å². The molecule has 1 N–H and O–H groups in total. The second-order valence-electron chi connectivity index (χ2n) is 6.56. The Labute approximate surface area is 147 Å². The lowest BCUT2D eigenvalue weighted by atomic mass is 9.94. The van der Waals surface area contributed by atoms with Crippen molar-refractivity contribution in [2.75, 3.05) is 19.7 Å². The zero-order valence-corrected chi connectivity index (χ0v) is 14.5. The molecule has 2 aromatic rings. The van der Waals surface area contributed by atoms with Crippen molar-refractivity contribution in [1.82, 2.24) is 15.1 Å². The van der Waals surface area contributed by atoms with Gasteiger partial charge >= 0.3 is 0 Å². The molecule has 3 rings (SSSR count). The zero-order valence-electron chi connectivity index (χ0n) is 14.5. The molecule has 1 unspecified atom stereocenters. The van der Waals surface area contributed by atoms with Crippen LogP contribution in [0.5, 0.6) is 5.75 Å². The Balaban J connectivity index is 1.43. The first kappa shape index (κ1) is 17.5. The van der Waals surface area contributed by atoms with Crippen LogP contribution in [0.15, 0.2) is 30.3 Å². The van der Waals surface area contributed by atoms with Gasteiger partial charge in [-0.1, -0.05) is 6.07 Å². The van der Waals surface area contributed by atoms with E-state index in [-0.39, 0.29) is 11.7 Å². The summed E-state index contributed by atoms with van der Waals surface area (Å²) in [6.45, 7) is 3.93. The molecule has 0 spiro atoms. The second kappa shape index (κ2) is 8.14. The SMILES string of the molecule is Cc1cc(C2CCCN(C(=O)CCCOc3cccc(F)c3)C2)n[nH]1. The molecule has 0 saturated carbocycles. The van der Waals surface area contributed by atoms with Crippen molar-refractivity contribution in [3.8, 4) is 5.75 Å². The van der Waals surface area contributed by atoms with E-state index < -0.39 is 0 Å². The summed E-state index contributed by atoms with van der Waals surface area (Å²) in [5.41, 5.74) is 2.09. The van der Waals surface area contributed by atoms with E-state index >= 15 is 0 Å². The summed E-state index contributed by atoms with van der Waals surface area (Å²) in [6, 6.07) is 8.12. The van der Waals surface area contributed by atoms with Crippen LogP contribution in [0.25, 0.3) is 0 Å². The number of aromatic amines is 1. The first-order valence-corrected chi connectivity index (χ1v) is 8.80. The number of benzene rings is 1. The highest BCUT2D eigenvalue weighted by atomic mass is 19.1. The average Bonchev–Trinajstić information content (AvgIpc) is 3.05. The Bertz CT molecular complexity index is 716. The lowest BCUT2D eigenvalue weighted by molar-refractivity contribution is -0.132. The fourth-order valence-electron chi connectivity index (χ4n) is 3.22. The molecule has 1 saturated heterocycles. The fourth-order valence-corrected chi connectivity index (χ4v) is 3.22. The standard InChI is InChI=1S/C19H24FN3O2/c1-14-11-18(22-21-14)15-5-3-9-23(13-15)19(24)8-4-10-25-17-7-2-6-16(20)12-17/h2,6-7,11-12,15H,3-5,8-10,13H2,1H3,(H,21,22). The molecular weight excluding hydrogens is 321 g/mol. The zero-order chi connectivity index (χ0) is 17.6. The number of carbonyl (C=O) groups excluding carboxylic acids is 1. The number of H-pyrrole nitrogens is 1. The number of hydrogen-bond acceptors (Lipinski definition) is 3. The van der Waals surface area contributed by atoms with Crippen LogP contribution in [0.4, 0.5) is 4.39 Å². The molecule has 0 radical (unpaired) electrons. The number of aryl methyl sites for hydroxylation is 1. The summed E-state index contributed by atoms with van der Waals surface area (Å²) in [6.07, 6.45) is 3.14. The van der Waals surface area contributed by atoms with Crippen molar-refractivity contribution in [3.63, 3.8) is 0 Å². The van der Waals surface area contributed by atoms with Gasteiger partial charge < -0.3 is 9.64 Å². The second-order valence-corrected chi connectivity index (χ2v) is 6.56.